The molecule has 0 aliphatic heterocycles. The third-order valence-electron chi connectivity index (χ3n) is 4.50. The first-order valence-corrected chi connectivity index (χ1v) is 10.3. The van der Waals surface area contributed by atoms with Crippen LogP contribution in [0.25, 0.3) is 10.8 Å². The molecular weight excluding hydrogens is 403 g/mol. The van der Waals surface area contributed by atoms with Crippen molar-refractivity contribution in [3.05, 3.63) is 78.4 Å². The second-order valence-corrected chi connectivity index (χ2v) is 7.51. The van der Waals surface area contributed by atoms with E-state index in [1.54, 1.807) is 16.7 Å². The lowest BCUT2D eigenvalue weighted by molar-refractivity contribution is -0.113. The Morgan fingerprint density at radius 3 is 2.67 bits per heavy atom. The number of hydrogen-bond acceptors (Lipinski definition) is 5. The molecule has 0 saturated heterocycles. The molecule has 6 nitrogen and oxygen atoms in total. The molecule has 0 fully saturated rings. The van der Waals surface area contributed by atoms with Crippen LogP contribution >= 0.6 is 11.8 Å². The van der Waals surface area contributed by atoms with Gasteiger partial charge in [0.25, 0.3) is 0 Å². The number of aromatic nitrogens is 3. The molecule has 0 aliphatic rings. The van der Waals surface area contributed by atoms with Crippen molar-refractivity contribution in [1.82, 2.24) is 14.8 Å². The summed E-state index contributed by atoms with van der Waals surface area (Å²) >= 11 is 1.30. The summed E-state index contributed by atoms with van der Waals surface area (Å²) in [6, 6.07) is 19.5. The lowest BCUT2D eigenvalue weighted by Crippen LogP contribution is -2.14. The molecule has 4 rings (SSSR count). The van der Waals surface area contributed by atoms with Gasteiger partial charge in [0.15, 0.2) is 11.0 Å². The molecule has 0 atom stereocenters. The fourth-order valence-electron chi connectivity index (χ4n) is 2.93. The van der Waals surface area contributed by atoms with Crippen LogP contribution in [0.2, 0.25) is 0 Å². The maximum Gasteiger partial charge on any atom is 0.234 e. The van der Waals surface area contributed by atoms with Crippen molar-refractivity contribution in [3.8, 4) is 5.75 Å². The fraction of sp³-hybridized carbons (Fsp3) is 0.136. The highest BCUT2D eigenvalue weighted by Crippen LogP contribution is 2.24. The van der Waals surface area contributed by atoms with Crippen molar-refractivity contribution in [2.24, 2.45) is 7.05 Å². The smallest absolute Gasteiger partial charge is 0.234 e. The predicted molar refractivity (Wildman–Crippen MR) is 115 cm³/mol. The zero-order valence-corrected chi connectivity index (χ0v) is 17.0. The number of nitrogens with zero attached hydrogens (tertiary/aromatic N) is 3. The SMILES string of the molecule is Cn1c(COc2ccc(F)cc2)nnc1SCC(=O)Nc1cccc2ccccc12. The molecule has 1 heterocycles. The van der Waals surface area contributed by atoms with E-state index in [-0.39, 0.29) is 24.1 Å². The molecule has 1 aromatic heterocycles. The predicted octanol–water partition coefficient (Wildman–Crippen LogP) is 4.42. The van der Waals surface area contributed by atoms with Gasteiger partial charge in [-0.15, -0.1) is 10.2 Å². The molecule has 1 amide bonds. The van der Waals surface area contributed by atoms with Crippen molar-refractivity contribution < 1.29 is 13.9 Å². The van der Waals surface area contributed by atoms with Crippen molar-refractivity contribution in [2.75, 3.05) is 11.1 Å². The molecule has 0 spiro atoms. The van der Waals surface area contributed by atoms with Crippen molar-refractivity contribution in [2.45, 2.75) is 11.8 Å². The molecule has 0 saturated carbocycles. The normalized spacial score (nSPS) is 10.9. The van der Waals surface area contributed by atoms with Crippen molar-refractivity contribution in [3.63, 3.8) is 0 Å². The van der Waals surface area contributed by atoms with E-state index in [1.165, 1.54) is 23.9 Å². The molecule has 0 aliphatic carbocycles. The second kappa shape index (κ2) is 8.96. The number of fused-ring (bicyclic) bond motifs is 1. The summed E-state index contributed by atoms with van der Waals surface area (Å²) in [6.45, 7) is 0.192. The molecular formula is C22H19FN4O2S. The van der Waals surface area contributed by atoms with Gasteiger partial charge in [0.2, 0.25) is 5.91 Å². The highest BCUT2D eigenvalue weighted by Gasteiger charge is 2.13. The Labute approximate surface area is 177 Å². The number of benzene rings is 3. The van der Waals surface area contributed by atoms with Crippen LogP contribution in [0.1, 0.15) is 5.82 Å². The number of nitrogens with one attached hydrogen (secondary N) is 1. The number of anilines is 1. The van der Waals surface area contributed by atoms with Gasteiger partial charge in [0.05, 0.1) is 5.75 Å². The number of halogens is 1. The lowest BCUT2D eigenvalue weighted by Gasteiger charge is -2.09. The monoisotopic (exact) mass is 422 g/mol. The zero-order chi connectivity index (χ0) is 20.9. The average molecular weight is 422 g/mol. The van der Waals surface area contributed by atoms with E-state index >= 15 is 0 Å². The van der Waals surface area contributed by atoms with Crippen LogP contribution in [0.3, 0.4) is 0 Å². The highest BCUT2D eigenvalue weighted by atomic mass is 32.2. The Hall–Kier alpha value is -3.39. The number of hydrogen-bond donors (Lipinski definition) is 1. The van der Waals surface area contributed by atoms with Crippen LogP contribution in [-0.2, 0) is 18.4 Å². The zero-order valence-electron chi connectivity index (χ0n) is 16.2. The van der Waals surface area contributed by atoms with Crippen LogP contribution in [0.4, 0.5) is 10.1 Å². The number of carbonyl (C=O) groups excluding carboxylic acids is 1. The van der Waals surface area contributed by atoms with E-state index in [0.717, 1.165) is 16.5 Å². The Bertz CT molecular complexity index is 1170. The fourth-order valence-corrected chi connectivity index (χ4v) is 3.66. The Morgan fingerprint density at radius 1 is 1.07 bits per heavy atom. The Kier molecular flexibility index (Phi) is 5.94. The Balaban J connectivity index is 1.34. The lowest BCUT2D eigenvalue weighted by atomic mass is 10.1. The van der Waals surface area contributed by atoms with Crippen molar-refractivity contribution >= 4 is 34.1 Å². The van der Waals surface area contributed by atoms with E-state index in [1.807, 2.05) is 49.5 Å². The van der Waals surface area contributed by atoms with E-state index in [4.69, 9.17) is 4.74 Å². The molecule has 4 aromatic rings. The van der Waals surface area contributed by atoms with Gasteiger partial charge in [0.1, 0.15) is 18.2 Å². The first-order chi connectivity index (χ1) is 14.6. The number of amides is 1. The summed E-state index contributed by atoms with van der Waals surface area (Å²) in [7, 11) is 1.81. The molecule has 0 unspecified atom stereocenters. The maximum absolute atomic E-state index is 13.0. The van der Waals surface area contributed by atoms with Crippen molar-refractivity contribution in [1.29, 1.82) is 0 Å². The van der Waals surface area contributed by atoms with Gasteiger partial charge < -0.3 is 14.6 Å². The molecule has 3 aromatic carbocycles. The summed E-state index contributed by atoms with van der Waals surface area (Å²) in [6.07, 6.45) is 0. The topological polar surface area (TPSA) is 69.0 Å². The highest BCUT2D eigenvalue weighted by molar-refractivity contribution is 7.99. The first-order valence-electron chi connectivity index (χ1n) is 9.27. The molecule has 0 bridgehead atoms. The van der Waals surface area contributed by atoms with Gasteiger partial charge in [0, 0.05) is 18.1 Å². The van der Waals surface area contributed by atoms with Gasteiger partial charge in [-0.3, -0.25) is 4.79 Å². The minimum Gasteiger partial charge on any atom is -0.486 e. The van der Waals surface area contributed by atoms with E-state index < -0.39 is 0 Å². The largest absolute Gasteiger partial charge is 0.486 e. The number of carbonyl (C=O) groups is 1. The average Bonchev–Trinajstić information content (AvgIpc) is 3.11. The number of rotatable bonds is 7. The molecule has 0 radical (unpaired) electrons. The molecule has 152 valence electrons. The van der Waals surface area contributed by atoms with Crippen LogP contribution in [0.5, 0.6) is 5.75 Å². The number of thioether (sulfide) groups is 1. The minimum absolute atomic E-state index is 0.122. The van der Waals surface area contributed by atoms with E-state index in [2.05, 4.69) is 15.5 Å². The number of ether oxygens (including phenoxy) is 1. The van der Waals surface area contributed by atoms with E-state index in [9.17, 15) is 9.18 Å². The van der Waals surface area contributed by atoms with Gasteiger partial charge in [-0.1, -0.05) is 48.2 Å². The van der Waals surface area contributed by atoms with Crippen LogP contribution < -0.4 is 10.1 Å². The van der Waals surface area contributed by atoms with Gasteiger partial charge >= 0.3 is 0 Å². The summed E-state index contributed by atoms with van der Waals surface area (Å²) in [4.78, 5) is 12.4. The van der Waals surface area contributed by atoms with Gasteiger partial charge in [-0.25, -0.2) is 4.39 Å². The third kappa shape index (κ3) is 4.60. The van der Waals surface area contributed by atoms with Crippen LogP contribution in [0.15, 0.2) is 71.9 Å². The molecule has 30 heavy (non-hydrogen) atoms. The first kappa shape index (κ1) is 19.9. The van der Waals surface area contributed by atoms with E-state index in [0.29, 0.717) is 16.7 Å². The second-order valence-electron chi connectivity index (χ2n) is 6.56. The summed E-state index contributed by atoms with van der Waals surface area (Å²) in [5, 5.41) is 13.9. The summed E-state index contributed by atoms with van der Waals surface area (Å²) in [5.74, 6) is 0.915. The summed E-state index contributed by atoms with van der Waals surface area (Å²) < 4.78 is 20.3. The third-order valence-corrected chi connectivity index (χ3v) is 5.52. The standard InChI is InChI=1S/C22H19FN4O2S/c1-27-20(13-29-17-11-9-16(23)10-12-17)25-26-22(27)30-14-21(28)24-19-8-4-6-15-5-2-3-7-18(15)19/h2-12H,13-14H2,1H3,(H,24,28). The minimum atomic E-state index is -0.318. The van der Waals surface area contributed by atoms with Gasteiger partial charge in [-0.2, -0.15) is 0 Å². The molecule has 1 N–H and O–H groups in total. The Morgan fingerprint density at radius 2 is 1.83 bits per heavy atom. The van der Waals surface area contributed by atoms with Crippen LogP contribution in [0, 0.1) is 5.82 Å². The quantitative estimate of drug-likeness (QED) is 0.447. The van der Waals surface area contributed by atoms with Crippen LogP contribution in [-0.4, -0.2) is 26.4 Å². The summed E-state index contributed by atoms with van der Waals surface area (Å²) in [5.41, 5.74) is 0.782. The van der Waals surface area contributed by atoms with Gasteiger partial charge in [-0.05, 0) is 35.7 Å². The maximum atomic E-state index is 13.0. The molecule has 8 heteroatoms.